The zero-order valence-electron chi connectivity index (χ0n) is 10.8. The first-order valence-corrected chi connectivity index (χ1v) is 6.29. The lowest BCUT2D eigenvalue weighted by atomic mass is 10.00. The smallest absolute Gasteiger partial charge is 0.210 e. The van der Waals surface area contributed by atoms with Crippen molar-refractivity contribution in [1.29, 1.82) is 0 Å². The van der Waals surface area contributed by atoms with E-state index in [9.17, 15) is 4.79 Å². The zero-order chi connectivity index (χ0) is 13.0. The van der Waals surface area contributed by atoms with Crippen molar-refractivity contribution in [1.82, 2.24) is 4.90 Å². The molecule has 1 fully saturated rings. The van der Waals surface area contributed by atoms with Crippen molar-refractivity contribution in [3.05, 3.63) is 42.0 Å². The number of ether oxygens (including phenoxy) is 1. The second kappa shape index (κ2) is 5.71. The lowest BCUT2D eigenvalue weighted by Gasteiger charge is -2.21. The second-order valence-corrected chi connectivity index (χ2v) is 4.57. The number of hydrogen-bond donors (Lipinski definition) is 0. The number of amides is 1. The van der Waals surface area contributed by atoms with Crippen LogP contribution in [0.3, 0.4) is 0 Å². The van der Waals surface area contributed by atoms with Crippen LogP contribution in [0.5, 0.6) is 5.75 Å². The molecule has 1 aromatic rings. The molecule has 0 aliphatic carbocycles. The number of hydrogen-bond acceptors (Lipinski definition) is 2. The summed E-state index contributed by atoms with van der Waals surface area (Å²) >= 11 is 0. The molecule has 1 unspecified atom stereocenters. The highest BCUT2D eigenvalue weighted by Crippen LogP contribution is 2.33. The molecular weight excluding hydrogens is 226 g/mol. The van der Waals surface area contributed by atoms with E-state index in [0.717, 1.165) is 43.5 Å². The van der Waals surface area contributed by atoms with Crippen LogP contribution in [0.25, 0.3) is 0 Å². The number of benzene rings is 1. The minimum Gasteiger partial charge on any atom is -0.496 e. The van der Waals surface area contributed by atoms with Crippen LogP contribution in [-0.4, -0.2) is 25.0 Å². The van der Waals surface area contributed by atoms with Crippen LogP contribution >= 0.6 is 0 Å². The van der Waals surface area contributed by atoms with Gasteiger partial charge in [-0.05, 0) is 42.5 Å². The van der Waals surface area contributed by atoms with Gasteiger partial charge in [0.1, 0.15) is 5.75 Å². The fraction of sp³-hybridized carbons (Fsp3) is 0.400. The minimum absolute atomic E-state index is 0.219. The third-order valence-corrected chi connectivity index (χ3v) is 3.48. The molecule has 0 aromatic heterocycles. The van der Waals surface area contributed by atoms with Gasteiger partial charge in [0.05, 0.1) is 13.2 Å². The molecular formula is C15H19NO2. The van der Waals surface area contributed by atoms with Gasteiger partial charge in [0, 0.05) is 6.54 Å². The summed E-state index contributed by atoms with van der Waals surface area (Å²) in [5, 5.41) is 0. The van der Waals surface area contributed by atoms with Crippen molar-refractivity contribution in [2.24, 2.45) is 0 Å². The summed E-state index contributed by atoms with van der Waals surface area (Å²) < 4.78 is 5.34. The summed E-state index contributed by atoms with van der Waals surface area (Å²) in [6, 6.07) is 6.39. The molecule has 1 aromatic carbocycles. The highest BCUT2D eigenvalue weighted by atomic mass is 16.5. The van der Waals surface area contributed by atoms with E-state index in [1.165, 1.54) is 5.56 Å². The quantitative estimate of drug-likeness (QED) is 0.589. The average Bonchev–Trinajstić information content (AvgIpc) is 2.87. The topological polar surface area (TPSA) is 29.5 Å². The van der Waals surface area contributed by atoms with Gasteiger partial charge in [-0.15, -0.1) is 6.58 Å². The average molecular weight is 245 g/mol. The van der Waals surface area contributed by atoms with Gasteiger partial charge < -0.3 is 9.64 Å². The van der Waals surface area contributed by atoms with Gasteiger partial charge in [-0.2, -0.15) is 0 Å². The van der Waals surface area contributed by atoms with Gasteiger partial charge in [0.25, 0.3) is 0 Å². The van der Waals surface area contributed by atoms with Crippen molar-refractivity contribution < 1.29 is 9.53 Å². The van der Waals surface area contributed by atoms with Gasteiger partial charge in [-0.3, -0.25) is 4.79 Å². The maximum Gasteiger partial charge on any atom is 0.210 e. The highest BCUT2D eigenvalue weighted by Gasteiger charge is 2.24. The van der Waals surface area contributed by atoms with E-state index < -0.39 is 0 Å². The second-order valence-electron chi connectivity index (χ2n) is 4.57. The van der Waals surface area contributed by atoms with Crippen molar-refractivity contribution in [2.75, 3.05) is 13.7 Å². The summed E-state index contributed by atoms with van der Waals surface area (Å²) in [5.74, 6) is 0.884. The Morgan fingerprint density at radius 3 is 3.06 bits per heavy atom. The summed E-state index contributed by atoms with van der Waals surface area (Å²) in [6.45, 7) is 4.63. The largest absolute Gasteiger partial charge is 0.496 e. The van der Waals surface area contributed by atoms with E-state index in [0.29, 0.717) is 0 Å². The van der Waals surface area contributed by atoms with Gasteiger partial charge >= 0.3 is 0 Å². The van der Waals surface area contributed by atoms with E-state index in [1.807, 2.05) is 17.0 Å². The van der Waals surface area contributed by atoms with Gasteiger partial charge in [-0.1, -0.05) is 12.1 Å². The van der Waals surface area contributed by atoms with Crippen LogP contribution in [0, 0.1) is 0 Å². The normalized spacial score (nSPS) is 18.7. The van der Waals surface area contributed by atoms with Crippen LogP contribution in [0.15, 0.2) is 30.9 Å². The maximum absolute atomic E-state index is 11.0. The van der Waals surface area contributed by atoms with Crippen LogP contribution in [-0.2, 0) is 11.2 Å². The predicted molar refractivity (Wildman–Crippen MR) is 71.6 cm³/mol. The molecule has 1 saturated heterocycles. The number of nitrogens with zero attached hydrogens (tertiary/aromatic N) is 1. The van der Waals surface area contributed by atoms with E-state index in [1.54, 1.807) is 7.11 Å². The number of rotatable bonds is 5. The van der Waals surface area contributed by atoms with Crippen LogP contribution in [0.2, 0.25) is 0 Å². The van der Waals surface area contributed by atoms with Crippen LogP contribution < -0.4 is 4.74 Å². The molecule has 1 atom stereocenters. The van der Waals surface area contributed by atoms with Gasteiger partial charge in [0.2, 0.25) is 6.41 Å². The third-order valence-electron chi connectivity index (χ3n) is 3.48. The molecule has 2 rings (SSSR count). The molecule has 0 N–H and O–H groups in total. The monoisotopic (exact) mass is 245 g/mol. The van der Waals surface area contributed by atoms with Crippen molar-refractivity contribution in [3.63, 3.8) is 0 Å². The molecule has 0 radical (unpaired) electrons. The van der Waals surface area contributed by atoms with E-state index >= 15 is 0 Å². The van der Waals surface area contributed by atoms with E-state index in [4.69, 9.17) is 4.74 Å². The van der Waals surface area contributed by atoms with Crippen molar-refractivity contribution in [3.8, 4) is 5.75 Å². The number of allylic oxidation sites excluding steroid dienone is 1. The lowest BCUT2D eigenvalue weighted by molar-refractivity contribution is -0.118. The minimum atomic E-state index is 0.219. The molecule has 1 aliphatic rings. The van der Waals surface area contributed by atoms with Crippen molar-refractivity contribution in [2.45, 2.75) is 25.3 Å². The predicted octanol–water partition coefficient (Wildman–Crippen LogP) is 2.72. The number of carbonyl (C=O) groups is 1. The summed E-state index contributed by atoms with van der Waals surface area (Å²) in [6.07, 6.45) is 5.72. The lowest BCUT2D eigenvalue weighted by Crippen LogP contribution is -2.21. The fourth-order valence-corrected chi connectivity index (χ4v) is 2.59. The molecule has 3 nitrogen and oxygen atoms in total. The Morgan fingerprint density at radius 2 is 2.39 bits per heavy atom. The molecule has 18 heavy (non-hydrogen) atoms. The Hall–Kier alpha value is -1.77. The third kappa shape index (κ3) is 2.40. The van der Waals surface area contributed by atoms with E-state index in [-0.39, 0.29) is 6.04 Å². The van der Waals surface area contributed by atoms with Gasteiger partial charge in [-0.25, -0.2) is 0 Å². The molecule has 96 valence electrons. The molecule has 1 heterocycles. The maximum atomic E-state index is 11.0. The first-order valence-electron chi connectivity index (χ1n) is 6.29. The molecule has 1 amide bonds. The Labute approximate surface area is 108 Å². The molecule has 0 saturated carbocycles. The molecule has 0 bridgehead atoms. The van der Waals surface area contributed by atoms with Crippen molar-refractivity contribution >= 4 is 6.41 Å². The number of likely N-dealkylation sites (tertiary alicyclic amines) is 1. The summed E-state index contributed by atoms with van der Waals surface area (Å²) in [5.41, 5.74) is 2.32. The first-order chi connectivity index (χ1) is 8.80. The SMILES string of the molecule is C=CCc1cc(C2CCCN2C=O)ccc1OC. The highest BCUT2D eigenvalue weighted by molar-refractivity contribution is 5.50. The number of methoxy groups -OCH3 is 1. The van der Waals surface area contributed by atoms with E-state index in [2.05, 4.69) is 18.7 Å². The Morgan fingerprint density at radius 1 is 1.56 bits per heavy atom. The van der Waals surface area contributed by atoms with Crippen LogP contribution in [0.1, 0.15) is 30.0 Å². The Bertz CT molecular complexity index is 442. The van der Waals surface area contributed by atoms with Crippen LogP contribution in [0.4, 0.5) is 0 Å². The summed E-state index contributed by atoms with van der Waals surface area (Å²) in [4.78, 5) is 12.9. The molecule has 3 heteroatoms. The fourth-order valence-electron chi connectivity index (χ4n) is 2.59. The Balaban J connectivity index is 2.30. The standard InChI is InChI=1S/C15H19NO2/c1-3-5-13-10-12(7-8-15(13)18-2)14-6-4-9-16(14)11-17/h3,7-8,10-11,14H,1,4-6,9H2,2H3. The summed E-state index contributed by atoms with van der Waals surface area (Å²) in [7, 11) is 1.68. The number of carbonyl (C=O) groups excluding carboxylic acids is 1. The first kappa shape index (κ1) is 12.7. The zero-order valence-corrected chi connectivity index (χ0v) is 10.8. The van der Waals surface area contributed by atoms with Gasteiger partial charge in [0.15, 0.2) is 0 Å². The molecule has 1 aliphatic heterocycles. The molecule has 0 spiro atoms. The Kier molecular flexibility index (Phi) is 4.03.